The number of aromatic nitrogens is 2. The Morgan fingerprint density at radius 1 is 1.32 bits per heavy atom. The van der Waals surface area contributed by atoms with Gasteiger partial charge in [0.1, 0.15) is 0 Å². The van der Waals surface area contributed by atoms with Crippen LogP contribution < -0.4 is 5.32 Å². The third-order valence-corrected chi connectivity index (χ3v) is 3.30. The first-order valence-corrected chi connectivity index (χ1v) is 6.65. The molecule has 0 bridgehead atoms. The fourth-order valence-electron chi connectivity index (χ4n) is 2.36. The minimum Gasteiger partial charge on any atom is -0.419 e. The molecule has 5 nitrogen and oxygen atoms in total. The minimum absolute atomic E-state index is 0.519. The molecule has 0 spiro atoms. The maximum Gasteiger partial charge on any atom is 0.247 e. The molecule has 1 aromatic carbocycles. The minimum atomic E-state index is 0.519. The van der Waals surface area contributed by atoms with Crippen molar-refractivity contribution < 1.29 is 4.42 Å². The molecule has 0 radical (unpaired) electrons. The molecular weight excluding hydrogens is 240 g/mol. The van der Waals surface area contributed by atoms with Crippen molar-refractivity contribution in [1.82, 2.24) is 20.4 Å². The first-order chi connectivity index (χ1) is 9.31. The summed E-state index contributed by atoms with van der Waals surface area (Å²) in [6.07, 6.45) is 0. The van der Waals surface area contributed by atoms with Gasteiger partial charge in [0.15, 0.2) is 0 Å². The summed E-state index contributed by atoms with van der Waals surface area (Å²) in [7, 11) is 0. The van der Waals surface area contributed by atoms with E-state index >= 15 is 0 Å². The zero-order valence-electron chi connectivity index (χ0n) is 11.0. The van der Waals surface area contributed by atoms with E-state index in [0.717, 1.165) is 31.7 Å². The average Bonchev–Trinajstić information content (AvgIpc) is 2.88. The van der Waals surface area contributed by atoms with E-state index in [1.807, 2.05) is 30.3 Å². The van der Waals surface area contributed by atoms with Gasteiger partial charge in [-0.1, -0.05) is 18.2 Å². The molecule has 1 aromatic heterocycles. The highest BCUT2D eigenvalue weighted by Crippen LogP contribution is 2.17. The third kappa shape index (κ3) is 3.00. The highest BCUT2D eigenvalue weighted by atomic mass is 16.4. The highest BCUT2D eigenvalue weighted by Gasteiger charge is 2.18. The molecule has 1 aliphatic heterocycles. The van der Waals surface area contributed by atoms with E-state index in [9.17, 15) is 0 Å². The van der Waals surface area contributed by atoms with Crippen LogP contribution in [0.2, 0.25) is 0 Å². The van der Waals surface area contributed by atoms with Crippen molar-refractivity contribution >= 4 is 0 Å². The first-order valence-electron chi connectivity index (χ1n) is 6.65. The number of nitrogens with one attached hydrogen (secondary N) is 1. The van der Waals surface area contributed by atoms with Crippen molar-refractivity contribution in [3.8, 4) is 11.5 Å². The number of benzene rings is 1. The van der Waals surface area contributed by atoms with Gasteiger partial charge in [-0.05, 0) is 19.1 Å². The highest BCUT2D eigenvalue weighted by molar-refractivity contribution is 5.51. The fourth-order valence-corrected chi connectivity index (χ4v) is 2.36. The van der Waals surface area contributed by atoms with Crippen molar-refractivity contribution in [1.29, 1.82) is 0 Å². The van der Waals surface area contributed by atoms with E-state index in [-0.39, 0.29) is 0 Å². The Balaban J connectivity index is 1.68. The number of nitrogens with zero attached hydrogens (tertiary/aromatic N) is 3. The van der Waals surface area contributed by atoms with Gasteiger partial charge in [-0.25, -0.2) is 0 Å². The number of hydrogen-bond donors (Lipinski definition) is 1. The fraction of sp³-hybridized carbons (Fsp3) is 0.429. The second-order valence-corrected chi connectivity index (χ2v) is 4.96. The van der Waals surface area contributed by atoms with E-state index in [4.69, 9.17) is 4.42 Å². The molecule has 0 aliphatic carbocycles. The molecule has 0 saturated carbocycles. The van der Waals surface area contributed by atoms with Gasteiger partial charge < -0.3 is 9.73 Å². The first kappa shape index (κ1) is 12.3. The van der Waals surface area contributed by atoms with Gasteiger partial charge in [0.2, 0.25) is 11.8 Å². The van der Waals surface area contributed by atoms with Crippen LogP contribution in [0, 0.1) is 0 Å². The largest absolute Gasteiger partial charge is 0.419 e. The summed E-state index contributed by atoms with van der Waals surface area (Å²) in [5.41, 5.74) is 0.968. The molecule has 1 fully saturated rings. The summed E-state index contributed by atoms with van der Waals surface area (Å²) >= 11 is 0. The van der Waals surface area contributed by atoms with Gasteiger partial charge in [-0.2, -0.15) is 0 Å². The van der Waals surface area contributed by atoms with Gasteiger partial charge in [0.05, 0.1) is 6.54 Å². The molecule has 0 unspecified atom stereocenters. The van der Waals surface area contributed by atoms with Gasteiger partial charge in [0, 0.05) is 31.2 Å². The lowest BCUT2D eigenvalue weighted by Gasteiger charge is -2.30. The standard InChI is InChI=1S/C14H18N4O/c1-11-9-18(8-7-15-11)10-13-16-17-14(19-13)12-5-3-2-4-6-12/h2-6,11,15H,7-10H2,1H3/t11-/m1/s1. The van der Waals surface area contributed by atoms with E-state index in [2.05, 4.69) is 27.3 Å². The summed E-state index contributed by atoms with van der Waals surface area (Å²) in [4.78, 5) is 2.34. The van der Waals surface area contributed by atoms with Crippen LogP contribution in [0.1, 0.15) is 12.8 Å². The maximum atomic E-state index is 5.72. The van der Waals surface area contributed by atoms with Crippen LogP contribution >= 0.6 is 0 Å². The van der Waals surface area contributed by atoms with Crippen molar-refractivity contribution in [2.45, 2.75) is 19.5 Å². The van der Waals surface area contributed by atoms with Crippen LogP contribution in [0.3, 0.4) is 0 Å². The lowest BCUT2D eigenvalue weighted by molar-refractivity contribution is 0.184. The molecule has 1 atom stereocenters. The Kier molecular flexibility index (Phi) is 3.57. The summed E-state index contributed by atoms with van der Waals surface area (Å²) in [5, 5.41) is 11.7. The van der Waals surface area contributed by atoms with Crippen LogP contribution in [0.25, 0.3) is 11.5 Å². The van der Waals surface area contributed by atoms with Crippen molar-refractivity contribution in [3.05, 3.63) is 36.2 Å². The molecule has 2 heterocycles. The van der Waals surface area contributed by atoms with Crippen LogP contribution in [0.15, 0.2) is 34.7 Å². The molecule has 19 heavy (non-hydrogen) atoms. The summed E-state index contributed by atoms with van der Waals surface area (Å²) in [6.45, 7) is 5.97. The zero-order chi connectivity index (χ0) is 13.1. The molecule has 0 amide bonds. The van der Waals surface area contributed by atoms with Crippen molar-refractivity contribution in [2.24, 2.45) is 0 Å². The van der Waals surface area contributed by atoms with E-state index < -0.39 is 0 Å². The Hall–Kier alpha value is -1.72. The van der Waals surface area contributed by atoms with Crippen LogP contribution in [0.4, 0.5) is 0 Å². The molecule has 3 rings (SSSR count). The van der Waals surface area contributed by atoms with Gasteiger partial charge in [0.25, 0.3) is 0 Å². The molecule has 5 heteroatoms. The zero-order valence-corrected chi connectivity index (χ0v) is 11.0. The van der Waals surface area contributed by atoms with E-state index in [1.54, 1.807) is 0 Å². The normalized spacial score (nSPS) is 20.6. The SMILES string of the molecule is C[C@@H]1CN(Cc2nnc(-c3ccccc3)o2)CCN1. The maximum absolute atomic E-state index is 5.72. The smallest absolute Gasteiger partial charge is 0.247 e. The topological polar surface area (TPSA) is 54.2 Å². The number of hydrogen-bond acceptors (Lipinski definition) is 5. The molecule has 1 N–H and O–H groups in total. The summed E-state index contributed by atoms with van der Waals surface area (Å²) < 4.78 is 5.72. The second-order valence-electron chi connectivity index (χ2n) is 4.96. The quantitative estimate of drug-likeness (QED) is 0.905. The lowest BCUT2D eigenvalue weighted by Crippen LogP contribution is -2.48. The van der Waals surface area contributed by atoms with Crippen molar-refractivity contribution in [2.75, 3.05) is 19.6 Å². The molecular formula is C14H18N4O. The average molecular weight is 258 g/mol. The molecule has 1 saturated heterocycles. The van der Waals surface area contributed by atoms with Gasteiger partial charge >= 0.3 is 0 Å². The Labute approximate surface area is 112 Å². The molecule has 100 valence electrons. The van der Waals surface area contributed by atoms with Crippen LogP contribution in [-0.2, 0) is 6.54 Å². The predicted molar refractivity (Wildman–Crippen MR) is 72.5 cm³/mol. The Morgan fingerprint density at radius 3 is 2.95 bits per heavy atom. The number of piperazine rings is 1. The molecule has 2 aromatic rings. The van der Waals surface area contributed by atoms with E-state index in [1.165, 1.54) is 0 Å². The Bertz CT molecular complexity index is 525. The third-order valence-electron chi connectivity index (χ3n) is 3.30. The lowest BCUT2D eigenvalue weighted by atomic mass is 10.2. The van der Waals surface area contributed by atoms with Crippen molar-refractivity contribution in [3.63, 3.8) is 0 Å². The Morgan fingerprint density at radius 2 is 2.16 bits per heavy atom. The monoisotopic (exact) mass is 258 g/mol. The molecule has 1 aliphatic rings. The van der Waals surface area contributed by atoms with Gasteiger partial charge in [-0.15, -0.1) is 10.2 Å². The number of rotatable bonds is 3. The second kappa shape index (κ2) is 5.50. The summed E-state index contributed by atoms with van der Waals surface area (Å²) in [5.74, 6) is 1.28. The van der Waals surface area contributed by atoms with E-state index in [0.29, 0.717) is 17.8 Å². The summed E-state index contributed by atoms with van der Waals surface area (Å²) in [6, 6.07) is 10.4. The van der Waals surface area contributed by atoms with Crippen LogP contribution in [0.5, 0.6) is 0 Å². The van der Waals surface area contributed by atoms with Crippen LogP contribution in [-0.4, -0.2) is 40.8 Å². The predicted octanol–water partition coefficient (Wildman–Crippen LogP) is 1.53. The van der Waals surface area contributed by atoms with Gasteiger partial charge in [-0.3, -0.25) is 4.90 Å².